The fourth-order valence-electron chi connectivity index (χ4n) is 2.42. The van der Waals surface area contributed by atoms with Crippen LogP contribution in [0.3, 0.4) is 0 Å². The van der Waals surface area contributed by atoms with Gasteiger partial charge in [-0.05, 0) is 51.7 Å². The van der Waals surface area contributed by atoms with Gasteiger partial charge in [0.15, 0.2) is 5.96 Å². The number of likely N-dealkylation sites (tertiary alicyclic amines) is 1. The van der Waals surface area contributed by atoms with Gasteiger partial charge >= 0.3 is 0 Å². The van der Waals surface area contributed by atoms with Gasteiger partial charge in [0.1, 0.15) is 6.54 Å². The van der Waals surface area contributed by atoms with Crippen LogP contribution in [0.2, 0.25) is 0 Å². The number of guanidine groups is 1. The fourth-order valence-corrected chi connectivity index (χ4v) is 2.42. The van der Waals surface area contributed by atoms with Crippen molar-refractivity contribution in [1.29, 1.82) is 0 Å². The summed E-state index contributed by atoms with van der Waals surface area (Å²) in [5.41, 5.74) is 0. The first-order valence-electron chi connectivity index (χ1n) is 8.47. The predicted molar refractivity (Wildman–Crippen MR) is 92.1 cm³/mol. The molecule has 1 aliphatic rings. The number of piperidine rings is 1. The van der Waals surface area contributed by atoms with Crippen molar-refractivity contribution in [2.24, 2.45) is 10.9 Å². The fraction of sp³-hybridized carbons (Fsp3) is 0.875. The van der Waals surface area contributed by atoms with Crippen LogP contribution in [0.5, 0.6) is 0 Å². The second-order valence-corrected chi connectivity index (χ2v) is 6.29. The second kappa shape index (κ2) is 10.4. The molecule has 1 amide bonds. The first-order valence-corrected chi connectivity index (χ1v) is 8.47. The normalized spacial score (nSPS) is 17.4. The number of likely N-dealkylation sites (N-methyl/N-ethyl adjacent to an activating group) is 1. The largest absolute Gasteiger partial charge is 0.357 e. The summed E-state index contributed by atoms with van der Waals surface area (Å²) in [5.74, 6) is 1.63. The monoisotopic (exact) mass is 311 g/mol. The smallest absolute Gasteiger partial charge is 0.243 e. The third-order valence-electron chi connectivity index (χ3n) is 4.04. The maximum atomic E-state index is 11.6. The van der Waals surface area contributed by atoms with Crippen molar-refractivity contribution in [3.05, 3.63) is 0 Å². The van der Waals surface area contributed by atoms with Crippen LogP contribution in [0.15, 0.2) is 4.99 Å². The number of aliphatic imine (C=N–C) groups is 1. The summed E-state index contributed by atoms with van der Waals surface area (Å²) < 4.78 is 0. The molecule has 0 spiro atoms. The molecule has 1 heterocycles. The highest BCUT2D eigenvalue weighted by molar-refractivity contribution is 5.84. The number of hydrogen-bond acceptors (Lipinski definition) is 3. The van der Waals surface area contributed by atoms with Crippen molar-refractivity contribution in [2.75, 3.05) is 53.4 Å². The SMILES string of the molecule is CCNC(=NCC(=O)N(C)C)NCCCN1CCC(C)CC1. The van der Waals surface area contributed by atoms with Gasteiger partial charge in [-0.2, -0.15) is 0 Å². The number of nitrogens with one attached hydrogen (secondary N) is 2. The minimum Gasteiger partial charge on any atom is -0.357 e. The Labute approximate surface area is 135 Å². The van der Waals surface area contributed by atoms with Crippen LogP contribution in [-0.2, 0) is 4.79 Å². The Balaban J connectivity index is 2.23. The van der Waals surface area contributed by atoms with Crippen LogP contribution >= 0.6 is 0 Å². The lowest BCUT2D eigenvalue weighted by Crippen LogP contribution is -2.40. The van der Waals surface area contributed by atoms with Crippen LogP contribution in [0.25, 0.3) is 0 Å². The molecule has 1 rings (SSSR count). The molecule has 6 nitrogen and oxygen atoms in total. The summed E-state index contributed by atoms with van der Waals surface area (Å²) in [6, 6.07) is 0. The minimum absolute atomic E-state index is 0.0136. The van der Waals surface area contributed by atoms with E-state index in [4.69, 9.17) is 0 Å². The molecule has 0 bridgehead atoms. The molecule has 1 saturated heterocycles. The van der Waals surface area contributed by atoms with Crippen LogP contribution in [0, 0.1) is 5.92 Å². The van der Waals surface area contributed by atoms with E-state index in [0.717, 1.165) is 37.9 Å². The third kappa shape index (κ3) is 7.64. The van der Waals surface area contributed by atoms with E-state index in [0.29, 0.717) is 0 Å². The van der Waals surface area contributed by atoms with Gasteiger partial charge in [-0.25, -0.2) is 4.99 Å². The Morgan fingerprint density at radius 1 is 1.27 bits per heavy atom. The van der Waals surface area contributed by atoms with Crippen molar-refractivity contribution in [3.8, 4) is 0 Å². The topological polar surface area (TPSA) is 60.0 Å². The van der Waals surface area contributed by atoms with Gasteiger partial charge in [-0.3, -0.25) is 4.79 Å². The Hall–Kier alpha value is -1.30. The molecule has 1 aliphatic heterocycles. The van der Waals surface area contributed by atoms with Crippen molar-refractivity contribution < 1.29 is 4.79 Å². The molecule has 0 aromatic carbocycles. The lowest BCUT2D eigenvalue weighted by Gasteiger charge is -2.30. The molecule has 0 radical (unpaired) electrons. The highest BCUT2D eigenvalue weighted by Gasteiger charge is 2.14. The van der Waals surface area contributed by atoms with E-state index in [9.17, 15) is 4.79 Å². The van der Waals surface area contributed by atoms with E-state index >= 15 is 0 Å². The van der Waals surface area contributed by atoms with Gasteiger partial charge in [0.05, 0.1) is 0 Å². The Morgan fingerprint density at radius 3 is 2.55 bits per heavy atom. The van der Waals surface area contributed by atoms with E-state index in [1.807, 2.05) is 6.92 Å². The number of carbonyl (C=O) groups excluding carboxylic acids is 1. The summed E-state index contributed by atoms with van der Waals surface area (Å²) in [4.78, 5) is 20.0. The van der Waals surface area contributed by atoms with Crippen molar-refractivity contribution in [3.63, 3.8) is 0 Å². The van der Waals surface area contributed by atoms with E-state index in [2.05, 4.69) is 27.4 Å². The minimum atomic E-state index is 0.0136. The molecule has 2 N–H and O–H groups in total. The van der Waals surface area contributed by atoms with Crippen molar-refractivity contribution >= 4 is 11.9 Å². The Kier molecular flexibility index (Phi) is 8.89. The lowest BCUT2D eigenvalue weighted by atomic mass is 9.99. The van der Waals surface area contributed by atoms with E-state index < -0.39 is 0 Å². The number of amides is 1. The number of carbonyl (C=O) groups is 1. The Morgan fingerprint density at radius 2 is 1.95 bits per heavy atom. The van der Waals surface area contributed by atoms with Gasteiger partial charge in [-0.15, -0.1) is 0 Å². The molecule has 0 saturated carbocycles. The number of rotatable bonds is 7. The quantitative estimate of drug-likeness (QED) is 0.414. The van der Waals surface area contributed by atoms with Gasteiger partial charge in [0.25, 0.3) is 0 Å². The standard InChI is InChI=1S/C16H33N5O/c1-5-17-16(19-13-15(22)20(3)4)18-9-6-10-21-11-7-14(2)8-12-21/h14H,5-13H2,1-4H3,(H2,17,18,19). The van der Waals surface area contributed by atoms with Gasteiger partial charge in [-0.1, -0.05) is 6.92 Å². The molecule has 128 valence electrons. The highest BCUT2D eigenvalue weighted by atomic mass is 16.2. The van der Waals surface area contributed by atoms with Crippen molar-refractivity contribution in [2.45, 2.75) is 33.1 Å². The molecule has 22 heavy (non-hydrogen) atoms. The number of hydrogen-bond donors (Lipinski definition) is 2. The van der Waals surface area contributed by atoms with Crippen LogP contribution in [0.1, 0.15) is 33.1 Å². The molecule has 0 unspecified atom stereocenters. The third-order valence-corrected chi connectivity index (χ3v) is 4.04. The molecule has 0 aromatic rings. The first kappa shape index (κ1) is 18.7. The maximum absolute atomic E-state index is 11.6. The van der Waals surface area contributed by atoms with E-state index in [1.165, 1.54) is 25.9 Å². The Bertz CT molecular complexity index is 348. The first-order chi connectivity index (χ1) is 10.5. The maximum Gasteiger partial charge on any atom is 0.243 e. The second-order valence-electron chi connectivity index (χ2n) is 6.29. The van der Waals surface area contributed by atoms with Crippen LogP contribution in [-0.4, -0.2) is 75.0 Å². The molecular weight excluding hydrogens is 278 g/mol. The summed E-state index contributed by atoms with van der Waals surface area (Å²) in [7, 11) is 3.50. The molecular formula is C16H33N5O. The van der Waals surface area contributed by atoms with Crippen LogP contribution in [0.4, 0.5) is 0 Å². The average molecular weight is 311 g/mol. The summed E-state index contributed by atoms with van der Waals surface area (Å²) in [6.45, 7) is 9.83. The molecule has 1 fully saturated rings. The van der Waals surface area contributed by atoms with Gasteiger partial charge in [0.2, 0.25) is 5.91 Å². The van der Waals surface area contributed by atoms with Crippen LogP contribution < -0.4 is 10.6 Å². The van der Waals surface area contributed by atoms with Gasteiger partial charge in [0, 0.05) is 27.2 Å². The summed E-state index contributed by atoms with van der Waals surface area (Å²) >= 11 is 0. The highest BCUT2D eigenvalue weighted by Crippen LogP contribution is 2.15. The van der Waals surface area contributed by atoms with E-state index in [1.54, 1.807) is 19.0 Å². The zero-order chi connectivity index (χ0) is 16.4. The average Bonchev–Trinajstić information content (AvgIpc) is 2.50. The molecule has 0 aromatic heterocycles. The van der Waals surface area contributed by atoms with Crippen molar-refractivity contribution in [1.82, 2.24) is 20.4 Å². The number of nitrogens with zero attached hydrogens (tertiary/aromatic N) is 3. The zero-order valence-corrected chi connectivity index (χ0v) is 14.7. The summed E-state index contributed by atoms with van der Waals surface area (Å²) in [5, 5.41) is 6.48. The molecule has 6 heteroatoms. The lowest BCUT2D eigenvalue weighted by molar-refractivity contribution is -0.127. The summed E-state index contributed by atoms with van der Waals surface area (Å²) in [6.07, 6.45) is 3.74. The van der Waals surface area contributed by atoms with E-state index in [-0.39, 0.29) is 12.5 Å². The predicted octanol–water partition coefficient (Wildman–Crippen LogP) is 0.752. The molecule has 0 atom stereocenters. The molecule has 0 aliphatic carbocycles. The van der Waals surface area contributed by atoms with Gasteiger partial charge < -0.3 is 20.4 Å². The zero-order valence-electron chi connectivity index (χ0n) is 14.7.